The third-order valence-corrected chi connectivity index (χ3v) is 7.31. The molecule has 2 aromatic carbocycles. The zero-order valence-corrected chi connectivity index (χ0v) is 18.7. The van der Waals surface area contributed by atoms with Crippen LogP contribution in [0.4, 0.5) is 10.8 Å². The van der Waals surface area contributed by atoms with Crippen LogP contribution in [-0.4, -0.2) is 22.1 Å². The van der Waals surface area contributed by atoms with Gasteiger partial charge < -0.3 is 4.74 Å². The van der Waals surface area contributed by atoms with E-state index in [0.29, 0.717) is 17.2 Å². The average Bonchev–Trinajstić information content (AvgIpc) is 3.36. The highest BCUT2D eigenvalue weighted by Gasteiger charge is 2.29. The molecule has 1 aliphatic rings. The first-order valence-corrected chi connectivity index (χ1v) is 11.4. The maximum absolute atomic E-state index is 12.5. The van der Waals surface area contributed by atoms with Crippen LogP contribution in [0.5, 0.6) is 0 Å². The van der Waals surface area contributed by atoms with E-state index in [1.807, 2.05) is 61.7 Å². The van der Waals surface area contributed by atoms with Crippen molar-refractivity contribution in [1.29, 1.82) is 0 Å². The summed E-state index contributed by atoms with van der Waals surface area (Å²) in [7, 11) is 0. The topological polar surface area (TPSA) is 59.5 Å². The summed E-state index contributed by atoms with van der Waals surface area (Å²) in [4.78, 5) is 32.2. The fourth-order valence-electron chi connectivity index (χ4n) is 3.40. The van der Waals surface area contributed by atoms with Crippen molar-refractivity contribution in [2.24, 2.45) is 0 Å². The second-order valence-corrected chi connectivity index (χ2v) is 9.30. The fourth-order valence-corrected chi connectivity index (χ4v) is 5.46. The first-order chi connectivity index (χ1) is 14.4. The van der Waals surface area contributed by atoms with Gasteiger partial charge in [-0.05, 0) is 49.1 Å². The monoisotopic (exact) mass is 438 g/mol. The molecule has 1 unspecified atom stereocenters. The molecule has 0 bridgehead atoms. The summed E-state index contributed by atoms with van der Waals surface area (Å²) in [5, 5.41) is 2.19. The Balaban J connectivity index is 1.44. The normalized spacial score (nSPS) is 15.0. The van der Waals surface area contributed by atoms with E-state index in [0.717, 1.165) is 21.7 Å². The van der Waals surface area contributed by atoms with Crippen molar-refractivity contribution in [2.75, 3.05) is 4.90 Å². The van der Waals surface area contributed by atoms with E-state index >= 15 is 0 Å². The molecule has 5 nitrogen and oxygen atoms in total. The molecular weight excluding hydrogens is 416 g/mol. The molecule has 3 aromatic rings. The molecule has 1 atom stereocenters. The van der Waals surface area contributed by atoms with Gasteiger partial charge in [0.2, 0.25) is 5.91 Å². The predicted molar refractivity (Wildman–Crippen MR) is 120 cm³/mol. The molecule has 1 aromatic heterocycles. The van der Waals surface area contributed by atoms with Crippen molar-refractivity contribution in [3.63, 3.8) is 0 Å². The van der Waals surface area contributed by atoms with Crippen LogP contribution >= 0.6 is 23.1 Å². The third-order valence-electron chi connectivity index (χ3n) is 5.14. The molecule has 0 fully saturated rings. The van der Waals surface area contributed by atoms with Gasteiger partial charge in [0, 0.05) is 17.2 Å². The summed E-state index contributed by atoms with van der Waals surface area (Å²) in [6.07, 6.45) is 0.687. The molecule has 0 N–H and O–H groups in total. The molecule has 30 heavy (non-hydrogen) atoms. The number of aromatic nitrogens is 1. The van der Waals surface area contributed by atoms with E-state index in [1.165, 1.54) is 23.8 Å². The third kappa shape index (κ3) is 4.13. The van der Waals surface area contributed by atoms with Crippen molar-refractivity contribution >= 4 is 45.8 Å². The summed E-state index contributed by atoms with van der Waals surface area (Å²) in [6.45, 7) is 5.64. The summed E-state index contributed by atoms with van der Waals surface area (Å²) in [5.74, 6) is -0.342. The van der Waals surface area contributed by atoms with Crippen molar-refractivity contribution in [3.8, 4) is 0 Å². The maximum Gasteiger partial charge on any atom is 0.320 e. The molecule has 0 radical (unpaired) electrons. The van der Waals surface area contributed by atoms with E-state index in [1.54, 1.807) is 16.7 Å². The first-order valence-electron chi connectivity index (χ1n) is 9.66. The van der Waals surface area contributed by atoms with Gasteiger partial charge in [-0.15, -0.1) is 23.1 Å². The average molecular weight is 439 g/mol. The van der Waals surface area contributed by atoms with Crippen molar-refractivity contribution in [3.05, 3.63) is 70.2 Å². The number of thioether (sulfide) groups is 1. The minimum atomic E-state index is -0.233. The summed E-state index contributed by atoms with van der Waals surface area (Å²) in [6, 6.07) is 13.9. The standard InChI is InChI=1S/C23H22N2O3S2/c1-14-7-6-9-19(15(14)2)25(16(3)26)23-24-18(13-29-23)12-28-22(27)21-11-17-8-4-5-10-20(17)30-21/h4-10,13,21H,11-12H2,1-3H3. The second kappa shape index (κ2) is 8.62. The number of benzene rings is 2. The Hall–Kier alpha value is -2.64. The van der Waals surface area contributed by atoms with Gasteiger partial charge in [0.15, 0.2) is 5.13 Å². The highest BCUT2D eigenvalue weighted by atomic mass is 32.2. The first kappa shape index (κ1) is 20.6. The van der Waals surface area contributed by atoms with E-state index in [9.17, 15) is 9.59 Å². The zero-order chi connectivity index (χ0) is 21.3. The van der Waals surface area contributed by atoms with Gasteiger partial charge in [-0.3, -0.25) is 14.5 Å². The molecular formula is C23H22N2O3S2. The number of anilines is 2. The Morgan fingerprint density at radius 1 is 1.17 bits per heavy atom. The van der Waals surface area contributed by atoms with Gasteiger partial charge >= 0.3 is 5.97 Å². The van der Waals surface area contributed by atoms with Crippen LogP contribution in [0, 0.1) is 13.8 Å². The van der Waals surface area contributed by atoms with Crippen LogP contribution in [0.15, 0.2) is 52.7 Å². The van der Waals surface area contributed by atoms with Crippen LogP contribution in [0.2, 0.25) is 0 Å². The summed E-state index contributed by atoms with van der Waals surface area (Å²) < 4.78 is 5.53. The Morgan fingerprint density at radius 2 is 1.97 bits per heavy atom. The number of esters is 1. The van der Waals surface area contributed by atoms with Crippen LogP contribution in [0.1, 0.15) is 29.3 Å². The largest absolute Gasteiger partial charge is 0.458 e. The SMILES string of the molecule is CC(=O)N(c1nc(COC(=O)C2Cc3ccccc3S2)cs1)c1cccc(C)c1C. The number of ether oxygens (including phenoxy) is 1. The molecule has 4 rings (SSSR count). The fraction of sp³-hybridized carbons (Fsp3) is 0.261. The Morgan fingerprint density at radius 3 is 2.73 bits per heavy atom. The molecule has 0 saturated carbocycles. The van der Waals surface area contributed by atoms with Crippen molar-refractivity contribution < 1.29 is 14.3 Å². The lowest BCUT2D eigenvalue weighted by Crippen LogP contribution is -2.23. The van der Waals surface area contributed by atoms with Crippen molar-refractivity contribution in [2.45, 2.75) is 43.9 Å². The second-order valence-electron chi connectivity index (χ2n) is 7.22. The van der Waals surface area contributed by atoms with Gasteiger partial charge in [0.05, 0.1) is 11.4 Å². The highest BCUT2D eigenvalue weighted by Crippen LogP contribution is 2.37. The van der Waals surface area contributed by atoms with Crippen molar-refractivity contribution in [1.82, 2.24) is 4.98 Å². The molecule has 1 aliphatic heterocycles. The zero-order valence-electron chi connectivity index (χ0n) is 17.0. The van der Waals surface area contributed by atoms with Gasteiger partial charge in [-0.25, -0.2) is 4.98 Å². The smallest absolute Gasteiger partial charge is 0.320 e. The Kier molecular flexibility index (Phi) is 5.92. The molecule has 154 valence electrons. The number of carbonyl (C=O) groups is 2. The quantitative estimate of drug-likeness (QED) is 0.512. The number of fused-ring (bicyclic) bond motifs is 1. The molecule has 0 saturated heterocycles. The lowest BCUT2D eigenvalue weighted by atomic mass is 10.1. The van der Waals surface area contributed by atoms with E-state index in [4.69, 9.17) is 4.74 Å². The Bertz CT molecular complexity index is 1080. The van der Waals surface area contributed by atoms with Crippen LogP contribution in [0.25, 0.3) is 0 Å². The molecule has 7 heteroatoms. The van der Waals surface area contributed by atoms with E-state index < -0.39 is 0 Å². The van der Waals surface area contributed by atoms with Crippen LogP contribution in [0.3, 0.4) is 0 Å². The predicted octanol–water partition coefficient (Wildman–Crippen LogP) is 5.20. The van der Waals surface area contributed by atoms with E-state index in [2.05, 4.69) is 4.98 Å². The van der Waals surface area contributed by atoms with Crippen LogP contribution < -0.4 is 4.90 Å². The van der Waals surface area contributed by atoms with Gasteiger partial charge in [-0.1, -0.05) is 30.3 Å². The minimum Gasteiger partial charge on any atom is -0.458 e. The number of amides is 1. The lowest BCUT2D eigenvalue weighted by Gasteiger charge is -2.21. The number of nitrogens with zero attached hydrogens (tertiary/aromatic N) is 2. The van der Waals surface area contributed by atoms with Crippen LogP contribution in [-0.2, 0) is 27.4 Å². The number of hydrogen-bond acceptors (Lipinski definition) is 6. The van der Waals surface area contributed by atoms with Gasteiger partial charge in [0.1, 0.15) is 11.9 Å². The number of rotatable bonds is 5. The van der Waals surface area contributed by atoms with Gasteiger partial charge in [0.25, 0.3) is 0 Å². The molecule has 0 spiro atoms. The number of thiazole rings is 1. The highest BCUT2D eigenvalue weighted by molar-refractivity contribution is 8.01. The maximum atomic E-state index is 12.5. The molecule has 0 aliphatic carbocycles. The minimum absolute atomic E-state index is 0.0985. The van der Waals surface area contributed by atoms with E-state index in [-0.39, 0.29) is 23.7 Å². The van der Waals surface area contributed by atoms with Gasteiger partial charge in [-0.2, -0.15) is 0 Å². The number of hydrogen-bond donors (Lipinski definition) is 0. The Labute approximate surface area is 184 Å². The summed E-state index contributed by atoms with van der Waals surface area (Å²) >= 11 is 2.91. The number of aryl methyl sites for hydroxylation is 1. The number of carbonyl (C=O) groups excluding carboxylic acids is 2. The summed E-state index contributed by atoms with van der Waals surface area (Å²) in [5.41, 5.74) is 4.79. The lowest BCUT2D eigenvalue weighted by molar-refractivity contribution is -0.144. The molecule has 1 amide bonds. The molecule has 2 heterocycles.